The molecular formula is C10H10IO3Si. The number of phenols is 1. The van der Waals surface area contributed by atoms with Crippen molar-refractivity contribution in [3.05, 3.63) is 27.3 Å². The van der Waals surface area contributed by atoms with Crippen LogP contribution in [0.3, 0.4) is 0 Å². The second kappa shape index (κ2) is 6.11. The van der Waals surface area contributed by atoms with Gasteiger partial charge in [-0.05, 0) is 47.2 Å². The van der Waals surface area contributed by atoms with Crippen molar-refractivity contribution >= 4 is 38.8 Å². The maximum atomic E-state index is 11.5. The molecule has 79 valence electrons. The van der Waals surface area contributed by atoms with Gasteiger partial charge in [0, 0.05) is 13.8 Å². The summed E-state index contributed by atoms with van der Waals surface area (Å²) >= 11 is 2.06. The number of carbonyl (C=O) groups excluding carboxylic acids is 1. The summed E-state index contributed by atoms with van der Waals surface area (Å²) in [7, 11) is 3.28. The summed E-state index contributed by atoms with van der Waals surface area (Å²) in [5.41, 5.74) is 0.212. The zero-order chi connectivity index (χ0) is 11.3. The minimum atomic E-state index is -0.482. The van der Waals surface area contributed by atoms with E-state index in [-0.39, 0.29) is 11.3 Å². The number of halogens is 1. The molecule has 0 aliphatic carbocycles. The fraction of sp³-hybridized carbons (Fsp3) is 0.300. The summed E-state index contributed by atoms with van der Waals surface area (Å²) < 4.78 is 5.83. The van der Waals surface area contributed by atoms with E-state index in [1.807, 2.05) is 0 Å². The van der Waals surface area contributed by atoms with E-state index in [9.17, 15) is 9.90 Å². The van der Waals surface area contributed by atoms with Crippen molar-refractivity contribution in [3.8, 4) is 5.75 Å². The molecule has 1 aromatic carbocycles. The minimum Gasteiger partial charge on any atom is -0.507 e. The van der Waals surface area contributed by atoms with Crippen molar-refractivity contribution in [1.82, 2.24) is 0 Å². The van der Waals surface area contributed by atoms with Crippen LogP contribution in [0.5, 0.6) is 5.75 Å². The third-order valence-corrected chi connectivity index (χ3v) is 2.76. The molecule has 5 heteroatoms. The van der Waals surface area contributed by atoms with Crippen LogP contribution in [-0.4, -0.2) is 27.9 Å². The summed E-state index contributed by atoms with van der Waals surface area (Å²) in [6.07, 6.45) is 0.758. The Labute approximate surface area is 105 Å². The average molecular weight is 333 g/mol. The monoisotopic (exact) mass is 333 g/mol. The molecular weight excluding hydrogens is 323 g/mol. The van der Waals surface area contributed by atoms with Crippen molar-refractivity contribution < 1.29 is 14.6 Å². The number of hydrogen-bond acceptors (Lipinski definition) is 3. The Morgan fingerprint density at radius 2 is 2.27 bits per heavy atom. The Balaban J connectivity index is 2.65. The van der Waals surface area contributed by atoms with Gasteiger partial charge < -0.3 is 9.84 Å². The maximum absolute atomic E-state index is 11.5. The van der Waals surface area contributed by atoms with Crippen LogP contribution < -0.4 is 0 Å². The number of aromatic hydroxyl groups is 1. The third kappa shape index (κ3) is 3.82. The molecule has 0 heterocycles. The number of carbonyl (C=O) groups is 1. The number of phenolic OH excluding ortho intramolecular Hbond substituents is 1. The van der Waals surface area contributed by atoms with E-state index < -0.39 is 5.97 Å². The number of esters is 1. The average Bonchev–Trinajstić information content (AvgIpc) is 2.17. The van der Waals surface area contributed by atoms with E-state index >= 15 is 0 Å². The van der Waals surface area contributed by atoms with Crippen LogP contribution in [0.1, 0.15) is 16.8 Å². The molecule has 0 saturated heterocycles. The molecule has 3 nitrogen and oxygen atoms in total. The molecule has 0 aromatic heterocycles. The Bertz CT molecular complexity index is 355. The molecule has 3 radical (unpaired) electrons. The SMILES string of the molecule is O=C(OCCC[Si])c1ccc(I)cc1O. The van der Waals surface area contributed by atoms with E-state index in [2.05, 4.69) is 32.8 Å². The molecule has 1 N–H and O–H groups in total. The lowest BCUT2D eigenvalue weighted by Gasteiger charge is -2.05. The standard InChI is InChI=1S/C10H10IO3Si/c11-7-2-3-8(9(12)6-7)10(13)14-4-1-5-15/h2-3,6,12H,1,4-5H2. The van der Waals surface area contributed by atoms with Crippen molar-refractivity contribution in [2.75, 3.05) is 6.61 Å². The first-order valence-electron chi connectivity index (χ1n) is 4.45. The normalized spacial score (nSPS) is 10.0. The fourth-order valence-electron chi connectivity index (χ4n) is 0.992. The van der Waals surface area contributed by atoms with Crippen LogP contribution in [0, 0.1) is 3.57 Å². The van der Waals surface area contributed by atoms with Crippen LogP contribution >= 0.6 is 22.6 Å². The molecule has 1 aromatic rings. The highest BCUT2D eigenvalue weighted by molar-refractivity contribution is 14.1. The summed E-state index contributed by atoms with van der Waals surface area (Å²) in [6.45, 7) is 0.355. The molecule has 0 bridgehead atoms. The second-order valence-corrected chi connectivity index (χ2v) is 4.65. The van der Waals surface area contributed by atoms with Gasteiger partial charge in [-0.2, -0.15) is 0 Å². The lowest BCUT2D eigenvalue weighted by molar-refractivity contribution is 0.0502. The highest BCUT2D eigenvalue weighted by Crippen LogP contribution is 2.20. The summed E-state index contributed by atoms with van der Waals surface area (Å²) in [4.78, 5) is 11.5. The summed E-state index contributed by atoms with van der Waals surface area (Å²) in [5, 5.41) is 9.50. The smallest absolute Gasteiger partial charge is 0.341 e. The lowest BCUT2D eigenvalue weighted by atomic mass is 10.2. The zero-order valence-corrected chi connectivity index (χ0v) is 11.2. The van der Waals surface area contributed by atoms with Crippen LogP contribution in [0.2, 0.25) is 6.04 Å². The maximum Gasteiger partial charge on any atom is 0.341 e. The summed E-state index contributed by atoms with van der Waals surface area (Å²) in [5.74, 6) is -0.519. The molecule has 0 fully saturated rings. The number of ether oxygens (including phenoxy) is 1. The molecule has 0 spiro atoms. The van der Waals surface area contributed by atoms with Gasteiger partial charge in [-0.25, -0.2) is 4.79 Å². The van der Waals surface area contributed by atoms with Gasteiger partial charge in [0.2, 0.25) is 0 Å². The molecule has 0 aliphatic rings. The first-order valence-corrected chi connectivity index (χ1v) is 6.24. The Morgan fingerprint density at radius 1 is 1.53 bits per heavy atom. The Morgan fingerprint density at radius 3 is 2.87 bits per heavy atom. The molecule has 0 unspecified atom stereocenters. The van der Waals surface area contributed by atoms with Gasteiger partial charge in [0.05, 0.1) is 6.61 Å². The Kier molecular flexibility index (Phi) is 5.10. The molecule has 15 heavy (non-hydrogen) atoms. The largest absolute Gasteiger partial charge is 0.507 e. The Hall–Kier alpha value is -0.563. The quantitative estimate of drug-likeness (QED) is 0.397. The van der Waals surface area contributed by atoms with Crippen molar-refractivity contribution in [1.29, 1.82) is 0 Å². The predicted molar refractivity (Wildman–Crippen MR) is 66.3 cm³/mol. The van der Waals surface area contributed by atoms with Crippen LogP contribution in [0.4, 0.5) is 0 Å². The third-order valence-electron chi connectivity index (χ3n) is 1.73. The topological polar surface area (TPSA) is 46.5 Å². The van der Waals surface area contributed by atoms with Gasteiger partial charge in [0.25, 0.3) is 0 Å². The van der Waals surface area contributed by atoms with E-state index in [0.29, 0.717) is 6.61 Å². The van der Waals surface area contributed by atoms with Gasteiger partial charge >= 0.3 is 5.97 Å². The van der Waals surface area contributed by atoms with Crippen molar-refractivity contribution in [2.24, 2.45) is 0 Å². The van der Waals surface area contributed by atoms with Crippen LogP contribution in [0.15, 0.2) is 18.2 Å². The molecule has 0 saturated carbocycles. The van der Waals surface area contributed by atoms with Gasteiger partial charge in [-0.1, -0.05) is 6.04 Å². The second-order valence-electron chi connectivity index (χ2n) is 2.90. The predicted octanol–water partition coefficient (Wildman–Crippen LogP) is 2.13. The van der Waals surface area contributed by atoms with Gasteiger partial charge in [-0.15, -0.1) is 0 Å². The molecule has 0 aliphatic heterocycles. The number of hydrogen-bond donors (Lipinski definition) is 1. The fourth-order valence-corrected chi connectivity index (χ4v) is 1.61. The molecule has 0 atom stereocenters. The van der Waals surface area contributed by atoms with Crippen LogP contribution in [0.25, 0.3) is 0 Å². The first-order chi connectivity index (χ1) is 7.15. The van der Waals surface area contributed by atoms with Gasteiger partial charge in [0.15, 0.2) is 0 Å². The zero-order valence-electron chi connectivity index (χ0n) is 8.00. The van der Waals surface area contributed by atoms with Gasteiger partial charge in [0.1, 0.15) is 11.3 Å². The molecule has 1 rings (SSSR count). The van der Waals surface area contributed by atoms with Crippen molar-refractivity contribution in [2.45, 2.75) is 12.5 Å². The molecule has 0 amide bonds. The van der Waals surface area contributed by atoms with Gasteiger partial charge in [-0.3, -0.25) is 0 Å². The lowest BCUT2D eigenvalue weighted by Crippen LogP contribution is -2.06. The van der Waals surface area contributed by atoms with E-state index in [0.717, 1.165) is 16.0 Å². The highest BCUT2D eigenvalue weighted by Gasteiger charge is 2.12. The minimum absolute atomic E-state index is 0.0368. The first kappa shape index (κ1) is 12.5. The number of rotatable bonds is 4. The van der Waals surface area contributed by atoms with Crippen LogP contribution in [-0.2, 0) is 4.74 Å². The highest BCUT2D eigenvalue weighted by atomic mass is 127. The summed E-state index contributed by atoms with van der Waals surface area (Å²) in [6, 6.07) is 5.63. The van der Waals surface area contributed by atoms with E-state index in [4.69, 9.17) is 4.74 Å². The number of benzene rings is 1. The van der Waals surface area contributed by atoms with Crippen molar-refractivity contribution in [3.63, 3.8) is 0 Å². The van der Waals surface area contributed by atoms with E-state index in [1.54, 1.807) is 12.1 Å². The van der Waals surface area contributed by atoms with E-state index in [1.165, 1.54) is 6.07 Å².